The lowest BCUT2D eigenvalue weighted by Gasteiger charge is -2.18. The molecule has 0 bridgehead atoms. The number of nitrogens with two attached hydrogens (primary N) is 1. The number of hydrogen-bond donors (Lipinski definition) is 3. The third-order valence-electron chi connectivity index (χ3n) is 2.67. The van der Waals surface area contributed by atoms with Gasteiger partial charge in [0.05, 0.1) is 16.9 Å². The highest BCUT2D eigenvalue weighted by Crippen LogP contribution is 2.30. The number of benzene rings is 1. The lowest BCUT2D eigenvalue weighted by atomic mass is 10.1. The molecule has 2 rings (SSSR count). The first kappa shape index (κ1) is 11.8. The molecule has 1 fully saturated rings. The molecule has 1 atom stereocenters. The van der Waals surface area contributed by atoms with Gasteiger partial charge < -0.3 is 15.7 Å². The van der Waals surface area contributed by atoms with Crippen LogP contribution in [0.2, 0.25) is 0 Å². The summed E-state index contributed by atoms with van der Waals surface area (Å²) in [6.07, 6.45) is 0.347. The van der Waals surface area contributed by atoms with Crippen molar-refractivity contribution in [3.05, 3.63) is 23.8 Å². The lowest BCUT2D eigenvalue weighted by molar-refractivity contribution is -0.117. The van der Waals surface area contributed by atoms with Crippen molar-refractivity contribution in [3.63, 3.8) is 0 Å². The number of carbonyl (C=O) groups excluding carboxylic acids is 1. The fraction of sp³-hybridized carbons (Fsp3) is 0.273. The third-order valence-corrected chi connectivity index (χ3v) is 3.02. The normalized spacial score (nSPS) is 19.7. The predicted octanol–water partition coefficient (Wildman–Crippen LogP) is 1.00. The van der Waals surface area contributed by atoms with Crippen molar-refractivity contribution in [2.75, 3.05) is 17.2 Å². The number of carboxylic acids is 1. The second-order valence-corrected chi connectivity index (χ2v) is 4.67. The quantitative estimate of drug-likeness (QED) is 0.541. The molecule has 0 radical (unpaired) electrons. The van der Waals surface area contributed by atoms with Gasteiger partial charge in [0, 0.05) is 18.2 Å². The minimum absolute atomic E-state index is 0.0321. The van der Waals surface area contributed by atoms with Crippen LogP contribution >= 0.6 is 12.6 Å². The summed E-state index contributed by atoms with van der Waals surface area (Å²) in [6.45, 7) is 0.454. The number of anilines is 2. The van der Waals surface area contributed by atoms with E-state index in [0.29, 0.717) is 24.3 Å². The highest BCUT2D eigenvalue weighted by atomic mass is 32.1. The first-order chi connectivity index (χ1) is 7.99. The van der Waals surface area contributed by atoms with Gasteiger partial charge in [0.1, 0.15) is 0 Å². The van der Waals surface area contributed by atoms with E-state index in [1.807, 2.05) is 0 Å². The van der Waals surface area contributed by atoms with Crippen LogP contribution in [0.5, 0.6) is 0 Å². The van der Waals surface area contributed by atoms with E-state index >= 15 is 0 Å². The van der Waals surface area contributed by atoms with Crippen molar-refractivity contribution in [1.29, 1.82) is 0 Å². The molecule has 1 aromatic rings. The molecule has 1 saturated heterocycles. The lowest BCUT2D eigenvalue weighted by Crippen LogP contribution is -2.25. The summed E-state index contributed by atoms with van der Waals surface area (Å²) in [4.78, 5) is 24.0. The Hall–Kier alpha value is -1.69. The molecule has 1 amide bonds. The number of amides is 1. The van der Waals surface area contributed by atoms with E-state index in [1.54, 1.807) is 0 Å². The largest absolute Gasteiger partial charge is 0.478 e. The van der Waals surface area contributed by atoms with Gasteiger partial charge in [-0.3, -0.25) is 4.79 Å². The first-order valence-electron chi connectivity index (χ1n) is 5.10. The summed E-state index contributed by atoms with van der Waals surface area (Å²) in [5.41, 5.74) is 6.73. The zero-order valence-corrected chi connectivity index (χ0v) is 9.85. The van der Waals surface area contributed by atoms with E-state index in [-0.39, 0.29) is 16.7 Å². The molecule has 5 nitrogen and oxygen atoms in total. The van der Waals surface area contributed by atoms with Crippen LogP contribution in [-0.4, -0.2) is 28.8 Å². The average Bonchev–Trinajstić information content (AvgIpc) is 2.58. The van der Waals surface area contributed by atoms with Gasteiger partial charge in [-0.2, -0.15) is 12.6 Å². The number of nitrogens with zero attached hydrogens (tertiary/aromatic N) is 1. The monoisotopic (exact) mass is 252 g/mol. The molecule has 17 heavy (non-hydrogen) atoms. The van der Waals surface area contributed by atoms with Gasteiger partial charge in [-0.05, 0) is 18.2 Å². The van der Waals surface area contributed by atoms with Crippen LogP contribution in [0.1, 0.15) is 16.8 Å². The second kappa shape index (κ2) is 4.29. The Balaban J connectivity index is 2.41. The van der Waals surface area contributed by atoms with Gasteiger partial charge in [-0.15, -0.1) is 0 Å². The van der Waals surface area contributed by atoms with Crippen molar-refractivity contribution in [3.8, 4) is 0 Å². The summed E-state index contributed by atoms with van der Waals surface area (Å²) in [5, 5.41) is 8.87. The topological polar surface area (TPSA) is 83.6 Å². The highest BCUT2D eigenvalue weighted by Gasteiger charge is 2.29. The third kappa shape index (κ3) is 2.21. The standard InChI is InChI=1S/C11H12N2O3S/c12-8-2-1-6(11(15)16)3-9(8)13-5-7(17)4-10(13)14/h1-3,7,17H,4-5,12H2,(H,15,16). The van der Waals surface area contributed by atoms with Crippen LogP contribution < -0.4 is 10.6 Å². The maximum absolute atomic E-state index is 11.7. The van der Waals surface area contributed by atoms with Gasteiger partial charge in [0.25, 0.3) is 0 Å². The molecule has 1 heterocycles. The van der Waals surface area contributed by atoms with Crippen LogP contribution in [0.4, 0.5) is 11.4 Å². The molecule has 90 valence electrons. The number of aromatic carboxylic acids is 1. The molecular weight excluding hydrogens is 240 g/mol. The van der Waals surface area contributed by atoms with Crippen LogP contribution in [0, 0.1) is 0 Å². The first-order valence-corrected chi connectivity index (χ1v) is 5.62. The van der Waals surface area contributed by atoms with E-state index in [1.165, 1.54) is 23.1 Å². The van der Waals surface area contributed by atoms with Crippen molar-refractivity contribution < 1.29 is 14.7 Å². The van der Waals surface area contributed by atoms with E-state index in [9.17, 15) is 9.59 Å². The second-order valence-electron chi connectivity index (χ2n) is 3.94. The van der Waals surface area contributed by atoms with Crippen molar-refractivity contribution in [1.82, 2.24) is 0 Å². The van der Waals surface area contributed by atoms with Gasteiger partial charge >= 0.3 is 5.97 Å². The fourth-order valence-electron chi connectivity index (χ4n) is 1.83. The van der Waals surface area contributed by atoms with Gasteiger partial charge in [0.15, 0.2) is 0 Å². The Morgan fingerprint density at radius 3 is 2.76 bits per heavy atom. The zero-order chi connectivity index (χ0) is 12.6. The van der Waals surface area contributed by atoms with Gasteiger partial charge in [0.2, 0.25) is 5.91 Å². The van der Waals surface area contributed by atoms with Gasteiger partial charge in [-0.25, -0.2) is 4.79 Å². The zero-order valence-electron chi connectivity index (χ0n) is 8.96. The van der Waals surface area contributed by atoms with E-state index in [0.717, 1.165) is 0 Å². The summed E-state index contributed by atoms with van der Waals surface area (Å²) in [7, 11) is 0. The Bertz CT molecular complexity index is 490. The predicted molar refractivity (Wildman–Crippen MR) is 67.6 cm³/mol. The summed E-state index contributed by atoms with van der Waals surface area (Å²) >= 11 is 4.24. The van der Waals surface area contributed by atoms with E-state index < -0.39 is 5.97 Å². The summed E-state index contributed by atoms with van der Waals surface area (Å²) in [5.74, 6) is -1.13. The summed E-state index contributed by atoms with van der Waals surface area (Å²) < 4.78 is 0. The molecule has 1 unspecified atom stereocenters. The van der Waals surface area contributed by atoms with Crippen LogP contribution in [0.15, 0.2) is 18.2 Å². The molecular formula is C11H12N2O3S. The Labute approximate surface area is 104 Å². The summed E-state index contributed by atoms with van der Waals surface area (Å²) in [6, 6.07) is 4.33. The van der Waals surface area contributed by atoms with Crippen LogP contribution in [-0.2, 0) is 4.79 Å². The Kier molecular flexibility index (Phi) is 2.97. The van der Waals surface area contributed by atoms with Crippen molar-refractivity contribution in [2.24, 2.45) is 0 Å². The molecule has 6 heteroatoms. The minimum Gasteiger partial charge on any atom is -0.478 e. The number of carboxylic acid groups (broad SMARTS) is 1. The van der Waals surface area contributed by atoms with E-state index in [4.69, 9.17) is 10.8 Å². The number of nitrogen functional groups attached to an aromatic ring is 1. The molecule has 0 aliphatic carbocycles. The number of thiol groups is 1. The van der Waals surface area contributed by atoms with Gasteiger partial charge in [-0.1, -0.05) is 0 Å². The van der Waals surface area contributed by atoms with Crippen LogP contribution in [0.3, 0.4) is 0 Å². The molecule has 0 spiro atoms. The Morgan fingerprint density at radius 2 is 2.24 bits per heavy atom. The van der Waals surface area contributed by atoms with Crippen molar-refractivity contribution in [2.45, 2.75) is 11.7 Å². The average molecular weight is 252 g/mol. The maximum Gasteiger partial charge on any atom is 0.335 e. The van der Waals surface area contributed by atoms with Crippen molar-refractivity contribution >= 4 is 35.9 Å². The smallest absolute Gasteiger partial charge is 0.335 e. The number of carbonyl (C=O) groups is 2. The Morgan fingerprint density at radius 1 is 1.53 bits per heavy atom. The molecule has 0 saturated carbocycles. The van der Waals surface area contributed by atoms with Crippen LogP contribution in [0.25, 0.3) is 0 Å². The maximum atomic E-state index is 11.7. The molecule has 3 N–H and O–H groups in total. The molecule has 0 aromatic heterocycles. The number of hydrogen-bond acceptors (Lipinski definition) is 4. The minimum atomic E-state index is -1.04. The SMILES string of the molecule is Nc1ccc(C(=O)O)cc1N1CC(S)CC1=O. The van der Waals surface area contributed by atoms with E-state index in [2.05, 4.69) is 12.6 Å². The highest BCUT2D eigenvalue weighted by molar-refractivity contribution is 7.81. The fourth-order valence-corrected chi connectivity index (χ4v) is 2.15. The molecule has 1 aromatic carbocycles. The molecule has 1 aliphatic heterocycles. The molecule has 1 aliphatic rings. The number of rotatable bonds is 2.